The lowest BCUT2D eigenvalue weighted by atomic mass is 9.83. The summed E-state index contributed by atoms with van der Waals surface area (Å²) in [5.41, 5.74) is 0.798. The fraction of sp³-hybridized carbons (Fsp3) is 0.545. The summed E-state index contributed by atoms with van der Waals surface area (Å²) in [5, 5.41) is 8.85. The quantitative estimate of drug-likeness (QED) is 0.753. The van der Waals surface area contributed by atoms with E-state index in [0.717, 1.165) is 29.6 Å². The highest BCUT2D eigenvalue weighted by atomic mass is 35.5. The van der Waals surface area contributed by atoms with Gasteiger partial charge in [0.25, 0.3) is 0 Å². The van der Waals surface area contributed by atoms with Crippen LogP contribution in [0.15, 0.2) is 6.07 Å². The van der Waals surface area contributed by atoms with Gasteiger partial charge >= 0.3 is 0 Å². The van der Waals surface area contributed by atoms with Crippen molar-refractivity contribution in [3.8, 4) is 0 Å². The Morgan fingerprint density at radius 1 is 1.44 bits per heavy atom. The second-order valence-electron chi connectivity index (χ2n) is 4.44. The van der Waals surface area contributed by atoms with Crippen molar-refractivity contribution in [3.05, 3.63) is 22.9 Å². The first kappa shape index (κ1) is 10.0. The summed E-state index contributed by atoms with van der Waals surface area (Å²) < 4.78 is 2.00. The van der Waals surface area contributed by atoms with Crippen LogP contribution in [-0.2, 0) is 6.42 Å². The van der Waals surface area contributed by atoms with Crippen molar-refractivity contribution >= 4 is 17.2 Å². The zero-order chi connectivity index (χ0) is 11.1. The summed E-state index contributed by atoms with van der Waals surface area (Å²) in [5.74, 6) is 2.66. The smallest absolute Gasteiger partial charge is 0.165 e. The molecule has 5 heteroatoms. The zero-order valence-electron chi connectivity index (χ0n) is 9.15. The van der Waals surface area contributed by atoms with Gasteiger partial charge in [0, 0.05) is 12.5 Å². The molecule has 3 rings (SSSR count). The van der Waals surface area contributed by atoms with E-state index in [0.29, 0.717) is 5.15 Å². The first-order valence-electron chi connectivity index (χ1n) is 5.61. The summed E-state index contributed by atoms with van der Waals surface area (Å²) in [6.07, 6.45) is 4.99. The lowest BCUT2D eigenvalue weighted by Crippen LogP contribution is -2.16. The Morgan fingerprint density at radius 2 is 2.25 bits per heavy atom. The van der Waals surface area contributed by atoms with E-state index in [1.165, 1.54) is 19.3 Å². The number of fused-ring (bicyclic) bond motifs is 1. The predicted molar refractivity (Wildman–Crippen MR) is 61.6 cm³/mol. The molecule has 2 aromatic rings. The van der Waals surface area contributed by atoms with Gasteiger partial charge in [0.2, 0.25) is 0 Å². The number of hydrogen-bond donors (Lipinski definition) is 0. The Bertz CT molecular complexity index is 530. The maximum Gasteiger partial charge on any atom is 0.165 e. The number of halogens is 1. The highest BCUT2D eigenvalue weighted by Crippen LogP contribution is 2.29. The minimum absolute atomic E-state index is 0.479. The van der Waals surface area contributed by atoms with Gasteiger partial charge in [-0.3, -0.25) is 4.40 Å². The maximum atomic E-state index is 5.89. The SMILES string of the molecule is Cc1nc(Cl)cc2nnc(CC3CCC3)n12. The van der Waals surface area contributed by atoms with Crippen molar-refractivity contribution < 1.29 is 0 Å². The van der Waals surface area contributed by atoms with Crippen molar-refractivity contribution in [2.75, 3.05) is 0 Å². The molecule has 0 amide bonds. The van der Waals surface area contributed by atoms with E-state index in [9.17, 15) is 0 Å². The summed E-state index contributed by atoms with van der Waals surface area (Å²) in [7, 11) is 0. The molecular weight excluding hydrogens is 224 g/mol. The second kappa shape index (κ2) is 3.70. The van der Waals surface area contributed by atoms with E-state index >= 15 is 0 Å². The summed E-state index contributed by atoms with van der Waals surface area (Å²) in [4.78, 5) is 4.23. The van der Waals surface area contributed by atoms with E-state index < -0.39 is 0 Å². The van der Waals surface area contributed by atoms with E-state index in [1.54, 1.807) is 6.07 Å². The molecule has 0 atom stereocenters. The molecule has 0 saturated heterocycles. The third-order valence-corrected chi connectivity index (χ3v) is 3.49. The standard InChI is InChI=1S/C11H13ClN4/c1-7-13-9(12)6-11-15-14-10(16(7)11)5-8-3-2-4-8/h6,8H,2-5H2,1H3. The van der Waals surface area contributed by atoms with E-state index in [-0.39, 0.29) is 0 Å². The Hall–Kier alpha value is -1.16. The van der Waals surface area contributed by atoms with Gasteiger partial charge in [-0.15, -0.1) is 10.2 Å². The summed E-state index contributed by atoms with van der Waals surface area (Å²) >= 11 is 5.89. The molecular formula is C11H13ClN4. The van der Waals surface area contributed by atoms with Crippen LogP contribution in [0.5, 0.6) is 0 Å². The first-order chi connectivity index (χ1) is 7.74. The van der Waals surface area contributed by atoms with Crippen LogP contribution in [0.2, 0.25) is 5.15 Å². The third kappa shape index (κ3) is 1.57. The van der Waals surface area contributed by atoms with Crippen molar-refractivity contribution in [1.82, 2.24) is 19.6 Å². The van der Waals surface area contributed by atoms with Crippen molar-refractivity contribution in [2.45, 2.75) is 32.6 Å². The third-order valence-electron chi connectivity index (χ3n) is 3.29. The van der Waals surface area contributed by atoms with Gasteiger partial charge in [0.1, 0.15) is 16.8 Å². The van der Waals surface area contributed by atoms with E-state index in [2.05, 4.69) is 15.2 Å². The molecule has 0 aliphatic heterocycles. The molecule has 2 heterocycles. The van der Waals surface area contributed by atoms with E-state index in [1.807, 2.05) is 11.3 Å². The monoisotopic (exact) mass is 236 g/mol. The highest BCUT2D eigenvalue weighted by Gasteiger charge is 2.21. The second-order valence-corrected chi connectivity index (χ2v) is 4.82. The normalized spacial score (nSPS) is 16.6. The lowest BCUT2D eigenvalue weighted by molar-refractivity contribution is 0.308. The largest absolute Gasteiger partial charge is 0.267 e. The van der Waals surface area contributed by atoms with Crippen LogP contribution in [0.1, 0.15) is 30.9 Å². The van der Waals surface area contributed by atoms with Gasteiger partial charge in [-0.05, 0) is 12.8 Å². The number of nitrogens with zero attached hydrogens (tertiary/aromatic N) is 4. The topological polar surface area (TPSA) is 43.1 Å². The lowest BCUT2D eigenvalue weighted by Gasteiger charge is -2.24. The molecule has 16 heavy (non-hydrogen) atoms. The van der Waals surface area contributed by atoms with Gasteiger partial charge in [-0.2, -0.15) is 0 Å². The molecule has 4 nitrogen and oxygen atoms in total. The molecule has 2 aromatic heterocycles. The van der Waals surface area contributed by atoms with Gasteiger partial charge in [0.05, 0.1) is 0 Å². The molecule has 0 spiro atoms. The Morgan fingerprint density at radius 3 is 2.94 bits per heavy atom. The van der Waals surface area contributed by atoms with Crippen LogP contribution in [0.4, 0.5) is 0 Å². The Kier molecular flexibility index (Phi) is 2.32. The molecule has 0 unspecified atom stereocenters. The highest BCUT2D eigenvalue weighted by molar-refractivity contribution is 6.29. The van der Waals surface area contributed by atoms with Gasteiger partial charge in [-0.25, -0.2) is 4.98 Å². The van der Waals surface area contributed by atoms with Gasteiger partial charge in [0.15, 0.2) is 5.65 Å². The average Bonchev–Trinajstić information content (AvgIpc) is 2.54. The number of hydrogen-bond acceptors (Lipinski definition) is 3. The van der Waals surface area contributed by atoms with Crippen LogP contribution < -0.4 is 0 Å². The fourth-order valence-corrected chi connectivity index (χ4v) is 2.43. The fourth-order valence-electron chi connectivity index (χ4n) is 2.21. The molecule has 0 radical (unpaired) electrons. The van der Waals surface area contributed by atoms with Gasteiger partial charge in [-0.1, -0.05) is 30.9 Å². The number of rotatable bonds is 2. The molecule has 0 aromatic carbocycles. The molecule has 0 N–H and O–H groups in total. The predicted octanol–water partition coefficient (Wildman–Crippen LogP) is 2.43. The van der Waals surface area contributed by atoms with Crippen molar-refractivity contribution in [2.24, 2.45) is 5.92 Å². The van der Waals surface area contributed by atoms with Crippen LogP contribution in [0.25, 0.3) is 5.65 Å². The maximum absolute atomic E-state index is 5.89. The van der Waals surface area contributed by atoms with Crippen molar-refractivity contribution in [1.29, 1.82) is 0 Å². The molecule has 1 saturated carbocycles. The van der Waals surface area contributed by atoms with Crippen LogP contribution in [-0.4, -0.2) is 19.6 Å². The average molecular weight is 237 g/mol. The Balaban J connectivity index is 2.04. The van der Waals surface area contributed by atoms with Gasteiger partial charge < -0.3 is 0 Å². The number of aromatic nitrogens is 4. The summed E-state index contributed by atoms with van der Waals surface area (Å²) in [6, 6.07) is 1.76. The molecule has 1 aliphatic rings. The first-order valence-corrected chi connectivity index (χ1v) is 5.99. The van der Waals surface area contributed by atoms with Crippen LogP contribution in [0.3, 0.4) is 0 Å². The number of aryl methyl sites for hydroxylation is 1. The minimum atomic E-state index is 0.479. The Labute approximate surface area is 98.7 Å². The van der Waals surface area contributed by atoms with E-state index in [4.69, 9.17) is 11.6 Å². The van der Waals surface area contributed by atoms with Crippen molar-refractivity contribution in [3.63, 3.8) is 0 Å². The molecule has 0 bridgehead atoms. The molecule has 84 valence electrons. The summed E-state index contributed by atoms with van der Waals surface area (Å²) in [6.45, 7) is 1.94. The van der Waals surface area contributed by atoms with Crippen LogP contribution in [0, 0.1) is 12.8 Å². The van der Waals surface area contributed by atoms with Crippen LogP contribution >= 0.6 is 11.6 Å². The zero-order valence-corrected chi connectivity index (χ0v) is 9.91. The minimum Gasteiger partial charge on any atom is -0.267 e. The molecule has 1 fully saturated rings. The molecule has 1 aliphatic carbocycles.